The number of pyridine rings is 1. The van der Waals surface area contributed by atoms with E-state index in [9.17, 15) is 0 Å². The Labute approximate surface area is 97.1 Å². The molecule has 3 nitrogen and oxygen atoms in total. The third-order valence-corrected chi connectivity index (χ3v) is 3.35. The van der Waals surface area contributed by atoms with Gasteiger partial charge in [0, 0.05) is 25.4 Å². The fourth-order valence-corrected chi connectivity index (χ4v) is 2.34. The molecule has 1 saturated heterocycles. The summed E-state index contributed by atoms with van der Waals surface area (Å²) < 4.78 is 0. The first-order valence-electron chi connectivity index (χ1n) is 6.09. The van der Waals surface area contributed by atoms with Crippen molar-refractivity contribution in [2.45, 2.75) is 26.2 Å². The van der Waals surface area contributed by atoms with Gasteiger partial charge in [0.2, 0.25) is 0 Å². The van der Waals surface area contributed by atoms with Crippen molar-refractivity contribution in [2.75, 3.05) is 24.6 Å². The number of hydrogen-bond donors (Lipinski definition) is 1. The van der Waals surface area contributed by atoms with Gasteiger partial charge in [-0.05, 0) is 44.2 Å². The van der Waals surface area contributed by atoms with Crippen LogP contribution in [0.2, 0.25) is 0 Å². The number of aryl methyl sites for hydroxylation is 1. The molecule has 1 fully saturated rings. The maximum atomic E-state index is 8.91. The van der Waals surface area contributed by atoms with E-state index in [1.54, 1.807) is 0 Å². The van der Waals surface area contributed by atoms with Crippen LogP contribution >= 0.6 is 0 Å². The molecular formula is C13H20N2O. The first kappa shape index (κ1) is 11.4. The summed E-state index contributed by atoms with van der Waals surface area (Å²) in [6.07, 6.45) is 3.31. The number of nitrogens with zero attached hydrogens (tertiary/aromatic N) is 2. The van der Waals surface area contributed by atoms with Crippen LogP contribution in [0, 0.1) is 12.8 Å². The molecular weight excluding hydrogens is 200 g/mol. The van der Waals surface area contributed by atoms with Gasteiger partial charge in [-0.3, -0.25) is 0 Å². The highest BCUT2D eigenvalue weighted by molar-refractivity contribution is 5.39. The van der Waals surface area contributed by atoms with Crippen LogP contribution in [0.25, 0.3) is 0 Å². The fourth-order valence-electron chi connectivity index (χ4n) is 2.34. The Hall–Kier alpha value is -1.09. The topological polar surface area (TPSA) is 36.4 Å². The largest absolute Gasteiger partial charge is 0.396 e. The van der Waals surface area contributed by atoms with Crippen LogP contribution < -0.4 is 4.90 Å². The number of rotatable bonds is 3. The van der Waals surface area contributed by atoms with E-state index < -0.39 is 0 Å². The maximum Gasteiger partial charge on any atom is 0.128 e. The van der Waals surface area contributed by atoms with E-state index in [4.69, 9.17) is 5.11 Å². The van der Waals surface area contributed by atoms with Crippen LogP contribution in [-0.2, 0) is 0 Å². The zero-order valence-electron chi connectivity index (χ0n) is 9.89. The Morgan fingerprint density at radius 1 is 1.38 bits per heavy atom. The second kappa shape index (κ2) is 5.30. The number of piperidine rings is 1. The SMILES string of the molecule is Cc1cccc(N2CCC(CCO)CC2)n1. The number of aliphatic hydroxyl groups is 1. The van der Waals surface area contributed by atoms with Gasteiger partial charge in [-0.2, -0.15) is 0 Å². The molecule has 3 heteroatoms. The summed E-state index contributed by atoms with van der Waals surface area (Å²) in [6, 6.07) is 6.18. The Morgan fingerprint density at radius 2 is 2.12 bits per heavy atom. The second-order valence-electron chi connectivity index (χ2n) is 4.58. The lowest BCUT2D eigenvalue weighted by Crippen LogP contribution is -2.34. The third-order valence-electron chi connectivity index (χ3n) is 3.35. The summed E-state index contributed by atoms with van der Waals surface area (Å²) in [7, 11) is 0. The van der Waals surface area contributed by atoms with E-state index in [-0.39, 0.29) is 0 Å². The Morgan fingerprint density at radius 3 is 2.75 bits per heavy atom. The van der Waals surface area contributed by atoms with Crippen molar-refractivity contribution in [1.82, 2.24) is 4.98 Å². The van der Waals surface area contributed by atoms with Crippen LogP contribution in [-0.4, -0.2) is 29.8 Å². The van der Waals surface area contributed by atoms with Crippen molar-refractivity contribution in [2.24, 2.45) is 5.92 Å². The van der Waals surface area contributed by atoms with Gasteiger partial charge in [-0.1, -0.05) is 6.07 Å². The molecule has 0 aliphatic carbocycles. The third kappa shape index (κ3) is 2.73. The minimum absolute atomic E-state index is 0.327. The molecule has 0 spiro atoms. The molecule has 88 valence electrons. The highest BCUT2D eigenvalue weighted by atomic mass is 16.3. The molecule has 1 aliphatic rings. The quantitative estimate of drug-likeness (QED) is 0.846. The molecule has 1 aromatic heterocycles. The van der Waals surface area contributed by atoms with E-state index in [1.165, 1.54) is 12.8 Å². The molecule has 1 N–H and O–H groups in total. The molecule has 16 heavy (non-hydrogen) atoms. The van der Waals surface area contributed by atoms with Gasteiger partial charge in [0.05, 0.1) is 0 Å². The molecule has 1 aliphatic heterocycles. The Bertz CT molecular complexity index is 332. The Kier molecular flexibility index (Phi) is 3.78. The number of aliphatic hydroxyl groups excluding tert-OH is 1. The standard InChI is InChI=1S/C13H20N2O/c1-11-3-2-4-13(14-11)15-8-5-12(6-9-15)7-10-16/h2-4,12,16H,5-10H2,1H3. The van der Waals surface area contributed by atoms with Crippen LogP contribution in [0.3, 0.4) is 0 Å². The monoisotopic (exact) mass is 220 g/mol. The molecule has 2 heterocycles. The number of hydrogen-bond acceptors (Lipinski definition) is 3. The van der Waals surface area contributed by atoms with Crippen LogP contribution in [0.1, 0.15) is 25.0 Å². The van der Waals surface area contributed by atoms with Crippen LogP contribution in [0.15, 0.2) is 18.2 Å². The predicted octanol–water partition coefficient (Wildman–Crippen LogP) is 1.99. The van der Waals surface area contributed by atoms with E-state index in [0.29, 0.717) is 12.5 Å². The summed E-state index contributed by atoms with van der Waals surface area (Å²) in [6.45, 7) is 4.50. The minimum atomic E-state index is 0.327. The van der Waals surface area contributed by atoms with Crippen molar-refractivity contribution >= 4 is 5.82 Å². The average Bonchev–Trinajstić information content (AvgIpc) is 2.30. The van der Waals surface area contributed by atoms with Gasteiger partial charge >= 0.3 is 0 Å². The molecule has 2 rings (SSSR count). The van der Waals surface area contributed by atoms with Crippen molar-refractivity contribution in [1.29, 1.82) is 0 Å². The molecule has 0 atom stereocenters. The first-order valence-corrected chi connectivity index (χ1v) is 6.09. The fraction of sp³-hybridized carbons (Fsp3) is 0.615. The lowest BCUT2D eigenvalue weighted by atomic mass is 9.94. The Balaban J connectivity index is 1.94. The van der Waals surface area contributed by atoms with Crippen molar-refractivity contribution in [3.8, 4) is 0 Å². The van der Waals surface area contributed by atoms with Gasteiger partial charge in [0.1, 0.15) is 5.82 Å². The van der Waals surface area contributed by atoms with E-state index in [0.717, 1.165) is 31.0 Å². The smallest absolute Gasteiger partial charge is 0.128 e. The minimum Gasteiger partial charge on any atom is -0.396 e. The maximum absolute atomic E-state index is 8.91. The summed E-state index contributed by atoms with van der Waals surface area (Å²) in [4.78, 5) is 6.89. The first-order chi connectivity index (χ1) is 7.79. The normalized spacial score (nSPS) is 17.8. The molecule has 1 aromatic rings. The summed E-state index contributed by atoms with van der Waals surface area (Å²) >= 11 is 0. The summed E-state index contributed by atoms with van der Waals surface area (Å²) in [5.41, 5.74) is 1.08. The zero-order chi connectivity index (χ0) is 11.4. The van der Waals surface area contributed by atoms with Crippen molar-refractivity contribution < 1.29 is 5.11 Å². The molecule has 0 aromatic carbocycles. The average molecular weight is 220 g/mol. The van der Waals surface area contributed by atoms with Gasteiger partial charge in [0.15, 0.2) is 0 Å². The molecule has 0 bridgehead atoms. The van der Waals surface area contributed by atoms with Crippen molar-refractivity contribution in [3.05, 3.63) is 23.9 Å². The zero-order valence-corrected chi connectivity index (χ0v) is 9.89. The summed E-state index contributed by atoms with van der Waals surface area (Å²) in [5, 5.41) is 8.91. The van der Waals surface area contributed by atoms with Gasteiger partial charge in [-0.25, -0.2) is 4.98 Å². The van der Waals surface area contributed by atoms with E-state index in [2.05, 4.69) is 22.0 Å². The second-order valence-corrected chi connectivity index (χ2v) is 4.58. The van der Waals surface area contributed by atoms with Crippen molar-refractivity contribution in [3.63, 3.8) is 0 Å². The molecule has 0 amide bonds. The van der Waals surface area contributed by atoms with Crippen LogP contribution in [0.4, 0.5) is 5.82 Å². The lowest BCUT2D eigenvalue weighted by Gasteiger charge is -2.32. The number of aromatic nitrogens is 1. The highest BCUT2D eigenvalue weighted by Gasteiger charge is 2.19. The molecule has 0 saturated carbocycles. The molecule has 0 radical (unpaired) electrons. The van der Waals surface area contributed by atoms with Gasteiger partial charge in [0.25, 0.3) is 0 Å². The highest BCUT2D eigenvalue weighted by Crippen LogP contribution is 2.23. The van der Waals surface area contributed by atoms with E-state index >= 15 is 0 Å². The van der Waals surface area contributed by atoms with Crippen LogP contribution in [0.5, 0.6) is 0 Å². The predicted molar refractivity (Wildman–Crippen MR) is 65.6 cm³/mol. The molecule has 0 unspecified atom stereocenters. The van der Waals surface area contributed by atoms with E-state index in [1.807, 2.05) is 13.0 Å². The summed E-state index contributed by atoms with van der Waals surface area (Å²) in [5.74, 6) is 1.80. The number of anilines is 1. The lowest BCUT2D eigenvalue weighted by molar-refractivity contribution is 0.240. The van der Waals surface area contributed by atoms with Gasteiger partial charge in [-0.15, -0.1) is 0 Å². The van der Waals surface area contributed by atoms with Gasteiger partial charge < -0.3 is 10.0 Å².